The van der Waals surface area contributed by atoms with Gasteiger partial charge in [-0.25, -0.2) is 0 Å². The molecule has 0 radical (unpaired) electrons. The highest BCUT2D eigenvalue weighted by atomic mass is 15.4. The highest BCUT2D eigenvalue weighted by molar-refractivity contribution is 6.00. The summed E-state index contributed by atoms with van der Waals surface area (Å²) in [6.07, 6.45) is 2.41. The van der Waals surface area contributed by atoms with E-state index in [1.807, 2.05) is 0 Å². The van der Waals surface area contributed by atoms with Crippen molar-refractivity contribution in [3.8, 4) is 0 Å². The van der Waals surface area contributed by atoms with Crippen molar-refractivity contribution in [2.24, 2.45) is 11.8 Å². The third-order valence-corrected chi connectivity index (χ3v) is 12.6. The SMILES string of the molecule is C[C@@H]1Cc2c(c3c(c4ccccc24)[C@H](C)[C@H](C)N3CN2c3c4c(c5ccccc5c3[C@H](C)[C@@H]2C)C[C@@H](C)[C@H]4C)[C@@H]1C. The van der Waals surface area contributed by atoms with E-state index in [0.29, 0.717) is 47.6 Å². The maximum absolute atomic E-state index is 2.85. The lowest BCUT2D eigenvalue weighted by Gasteiger charge is -2.38. The first-order chi connectivity index (χ1) is 19.7. The summed E-state index contributed by atoms with van der Waals surface area (Å²) in [6.45, 7) is 20.9. The number of rotatable bonds is 2. The van der Waals surface area contributed by atoms with E-state index in [0.717, 1.165) is 6.67 Å². The van der Waals surface area contributed by atoms with Gasteiger partial charge in [0.15, 0.2) is 0 Å². The highest BCUT2D eigenvalue weighted by Gasteiger charge is 2.46. The topological polar surface area (TPSA) is 6.48 Å². The Labute approximate surface area is 246 Å². The predicted octanol–water partition coefficient (Wildman–Crippen LogP) is 9.87. The Morgan fingerprint density at radius 3 is 1.24 bits per heavy atom. The zero-order valence-corrected chi connectivity index (χ0v) is 26.3. The molecule has 2 aliphatic heterocycles. The summed E-state index contributed by atoms with van der Waals surface area (Å²) in [4.78, 5) is 5.70. The van der Waals surface area contributed by atoms with Crippen LogP contribution >= 0.6 is 0 Å². The van der Waals surface area contributed by atoms with Gasteiger partial charge in [0.25, 0.3) is 0 Å². The second kappa shape index (κ2) is 8.76. The maximum atomic E-state index is 2.85. The first-order valence-corrected chi connectivity index (χ1v) is 16.4. The van der Waals surface area contributed by atoms with Crippen LogP contribution in [-0.2, 0) is 12.8 Å². The van der Waals surface area contributed by atoms with Crippen molar-refractivity contribution in [3.63, 3.8) is 0 Å². The van der Waals surface area contributed by atoms with Crippen molar-refractivity contribution in [1.29, 1.82) is 0 Å². The van der Waals surface area contributed by atoms with Gasteiger partial charge in [0.1, 0.15) is 0 Å². The summed E-state index contributed by atoms with van der Waals surface area (Å²) in [7, 11) is 0. The zero-order chi connectivity index (χ0) is 28.5. The molecule has 0 spiro atoms. The van der Waals surface area contributed by atoms with E-state index in [1.54, 1.807) is 44.8 Å². The first-order valence-electron chi connectivity index (χ1n) is 16.4. The minimum absolute atomic E-state index is 0.472. The molecule has 4 aromatic rings. The summed E-state index contributed by atoms with van der Waals surface area (Å²) in [5.74, 6) is 3.60. The molecule has 2 nitrogen and oxygen atoms in total. The quantitative estimate of drug-likeness (QED) is 0.249. The van der Waals surface area contributed by atoms with Crippen LogP contribution in [0.25, 0.3) is 21.5 Å². The van der Waals surface area contributed by atoms with Crippen molar-refractivity contribution in [1.82, 2.24) is 0 Å². The van der Waals surface area contributed by atoms with E-state index in [-0.39, 0.29) is 0 Å². The largest absolute Gasteiger partial charge is 0.350 e. The average Bonchev–Trinajstić information content (AvgIpc) is 3.61. The van der Waals surface area contributed by atoms with Crippen LogP contribution in [0.3, 0.4) is 0 Å². The number of hydrogen-bond acceptors (Lipinski definition) is 2. The number of hydrogen-bond donors (Lipinski definition) is 0. The van der Waals surface area contributed by atoms with E-state index in [9.17, 15) is 0 Å². The smallest absolute Gasteiger partial charge is 0.0909 e. The molecule has 8 rings (SSSR count). The lowest BCUT2D eigenvalue weighted by Crippen LogP contribution is -2.45. The molecule has 0 saturated heterocycles. The summed E-state index contributed by atoms with van der Waals surface area (Å²) in [6, 6.07) is 19.6. The molecule has 4 aromatic carbocycles. The standard InChI is InChI=1S/C39H46N2/c1-20-17-32-28-13-9-11-15-30(28)36-24(5)26(7)40(38(36)34(32)22(20)3)19-41-27(8)25(6)37-31-16-12-10-14-29(31)33-18-21(2)23(4)35(33)39(37)41/h9-16,20-27H,17-19H2,1-8H3/t20-,21-,22-,23-,24-,25-,26+,27+/m1/s1. The minimum Gasteiger partial charge on any atom is -0.350 e. The molecule has 0 saturated carbocycles. The Morgan fingerprint density at radius 2 is 0.854 bits per heavy atom. The summed E-state index contributed by atoms with van der Waals surface area (Å²) in [5, 5.41) is 6.03. The molecule has 0 amide bonds. The number of nitrogens with zero attached hydrogens (tertiary/aromatic N) is 2. The molecule has 2 heteroatoms. The molecule has 0 aromatic heterocycles. The Hall–Kier alpha value is -3.00. The molecule has 0 N–H and O–H groups in total. The van der Waals surface area contributed by atoms with E-state index in [4.69, 9.17) is 0 Å². The van der Waals surface area contributed by atoms with Crippen LogP contribution in [0.15, 0.2) is 48.5 Å². The molecular weight excluding hydrogens is 496 g/mol. The van der Waals surface area contributed by atoms with Crippen LogP contribution in [0.2, 0.25) is 0 Å². The van der Waals surface area contributed by atoms with Crippen molar-refractivity contribution in [2.75, 3.05) is 16.5 Å². The summed E-state index contributed by atoms with van der Waals surface area (Å²) >= 11 is 0. The lowest BCUT2D eigenvalue weighted by molar-refractivity contribution is 0.521. The molecule has 2 heterocycles. The number of anilines is 2. The second-order valence-electron chi connectivity index (χ2n) is 14.5. The second-order valence-corrected chi connectivity index (χ2v) is 14.5. The minimum atomic E-state index is 0.472. The molecule has 41 heavy (non-hydrogen) atoms. The average molecular weight is 543 g/mol. The van der Waals surface area contributed by atoms with Gasteiger partial charge in [-0.05, 0) is 105 Å². The lowest BCUT2D eigenvalue weighted by atomic mass is 9.87. The van der Waals surface area contributed by atoms with Gasteiger partial charge in [-0.1, -0.05) is 90.1 Å². The normalized spacial score (nSPS) is 31.7. The van der Waals surface area contributed by atoms with Crippen LogP contribution in [-0.4, -0.2) is 18.8 Å². The van der Waals surface area contributed by atoms with Gasteiger partial charge in [-0.15, -0.1) is 0 Å². The van der Waals surface area contributed by atoms with Crippen LogP contribution in [0.4, 0.5) is 11.4 Å². The summed E-state index contributed by atoms with van der Waals surface area (Å²) < 4.78 is 0. The van der Waals surface area contributed by atoms with Gasteiger partial charge >= 0.3 is 0 Å². The van der Waals surface area contributed by atoms with Crippen LogP contribution in [0, 0.1) is 11.8 Å². The maximum Gasteiger partial charge on any atom is 0.0909 e. The van der Waals surface area contributed by atoms with Gasteiger partial charge in [-0.3, -0.25) is 0 Å². The Kier molecular flexibility index (Phi) is 5.49. The molecule has 4 aliphatic rings. The summed E-state index contributed by atoms with van der Waals surface area (Å²) in [5.41, 5.74) is 13.0. The van der Waals surface area contributed by atoms with Gasteiger partial charge < -0.3 is 9.80 Å². The van der Waals surface area contributed by atoms with Crippen molar-refractivity contribution in [3.05, 3.63) is 81.9 Å². The van der Waals surface area contributed by atoms with E-state index >= 15 is 0 Å². The molecule has 0 fully saturated rings. The van der Waals surface area contributed by atoms with Gasteiger partial charge in [0.2, 0.25) is 0 Å². The zero-order valence-electron chi connectivity index (χ0n) is 26.3. The van der Waals surface area contributed by atoms with Crippen LogP contribution < -0.4 is 9.80 Å². The molecule has 212 valence electrons. The molecule has 0 bridgehead atoms. The van der Waals surface area contributed by atoms with E-state index in [2.05, 4.69) is 114 Å². The van der Waals surface area contributed by atoms with Crippen molar-refractivity contribution in [2.45, 2.75) is 104 Å². The van der Waals surface area contributed by atoms with E-state index < -0.39 is 0 Å². The number of fused-ring (bicyclic) bond motifs is 12. The Balaban J connectivity index is 1.35. The van der Waals surface area contributed by atoms with Crippen molar-refractivity contribution >= 4 is 32.9 Å². The number of benzene rings is 4. The fourth-order valence-corrected chi connectivity index (χ4v) is 9.60. The Morgan fingerprint density at radius 1 is 0.488 bits per heavy atom. The fourth-order valence-electron chi connectivity index (χ4n) is 9.60. The third kappa shape index (κ3) is 3.20. The van der Waals surface area contributed by atoms with Crippen LogP contribution in [0.5, 0.6) is 0 Å². The van der Waals surface area contributed by atoms with Gasteiger partial charge in [0, 0.05) is 35.3 Å². The third-order valence-electron chi connectivity index (χ3n) is 12.6. The highest BCUT2D eigenvalue weighted by Crippen LogP contribution is 2.58. The Bertz CT molecular complexity index is 1600. The fraction of sp³-hybridized carbons (Fsp3) is 0.487. The predicted molar refractivity (Wildman–Crippen MR) is 176 cm³/mol. The molecule has 2 aliphatic carbocycles. The van der Waals surface area contributed by atoms with E-state index in [1.165, 1.54) is 34.4 Å². The first kappa shape index (κ1) is 25.7. The molecule has 0 unspecified atom stereocenters. The monoisotopic (exact) mass is 542 g/mol. The molecule has 8 atom stereocenters. The van der Waals surface area contributed by atoms with Gasteiger partial charge in [-0.2, -0.15) is 0 Å². The van der Waals surface area contributed by atoms with Gasteiger partial charge in [0.05, 0.1) is 6.67 Å². The van der Waals surface area contributed by atoms with Crippen LogP contribution in [0.1, 0.15) is 112 Å². The molecular formula is C39H46N2. The van der Waals surface area contributed by atoms with Crippen molar-refractivity contribution < 1.29 is 0 Å².